The minimum atomic E-state index is -0.221. The molecule has 1 atom stereocenters. The van der Waals surface area contributed by atoms with Gasteiger partial charge in [0.15, 0.2) is 0 Å². The van der Waals surface area contributed by atoms with Gasteiger partial charge in [-0.05, 0) is 25.7 Å². The van der Waals surface area contributed by atoms with E-state index in [1.807, 2.05) is 12.3 Å². The van der Waals surface area contributed by atoms with E-state index in [4.69, 9.17) is 11.6 Å². The number of nitrogens with zero attached hydrogens (tertiary/aromatic N) is 1. The quantitative estimate of drug-likeness (QED) is 0.874. The summed E-state index contributed by atoms with van der Waals surface area (Å²) in [5.74, 6) is 0.514. The van der Waals surface area contributed by atoms with Gasteiger partial charge in [0.25, 0.3) is 0 Å². The summed E-state index contributed by atoms with van der Waals surface area (Å²) in [5, 5.41) is 9.03. The molecule has 0 saturated heterocycles. The van der Waals surface area contributed by atoms with E-state index in [0.717, 1.165) is 23.5 Å². The lowest BCUT2D eigenvalue weighted by molar-refractivity contribution is 0.236. The molecule has 98 valence electrons. The first kappa shape index (κ1) is 13.4. The van der Waals surface area contributed by atoms with Crippen LogP contribution in [0, 0.1) is 12.8 Å². The Bertz CT molecular complexity index is 456. The molecule has 0 aromatic carbocycles. The number of hydrogen-bond acceptors (Lipinski definition) is 3. The van der Waals surface area contributed by atoms with Crippen LogP contribution in [0.4, 0.5) is 4.79 Å². The van der Waals surface area contributed by atoms with Crippen molar-refractivity contribution in [3.63, 3.8) is 0 Å². The van der Waals surface area contributed by atoms with E-state index in [2.05, 4.69) is 22.2 Å². The van der Waals surface area contributed by atoms with Crippen LogP contribution in [0.3, 0.4) is 0 Å². The first-order valence-electron chi connectivity index (χ1n) is 5.86. The van der Waals surface area contributed by atoms with Crippen LogP contribution in [0.25, 0.3) is 0 Å². The van der Waals surface area contributed by atoms with Crippen molar-refractivity contribution in [3.05, 3.63) is 27.7 Å². The summed E-state index contributed by atoms with van der Waals surface area (Å²) in [6, 6.07) is -0.200. The number of carbonyl (C=O) groups excluding carboxylic acids is 1. The van der Waals surface area contributed by atoms with Gasteiger partial charge in [0.2, 0.25) is 0 Å². The Kier molecular flexibility index (Phi) is 4.24. The fraction of sp³-hybridized carbons (Fsp3) is 0.500. The summed E-state index contributed by atoms with van der Waals surface area (Å²) in [7, 11) is 0. The standard InChI is InChI=1S/C12H16ClN3OS/c1-7(13)5-14-12(17)16-10(9-3-4-9)11-15-8(2)6-18-11/h6,9-10H,1,3-5H2,2H3,(H2,14,16,17)/t10-/m1/s1. The number of nitrogens with one attached hydrogen (secondary N) is 2. The molecule has 0 unspecified atom stereocenters. The lowest BCUT2D eigenvalue weighted by Gasteiger charge is -2.16. The summed E-state index contributed by atoms with van der Waals surface area (Å²) in [6.45, 7) is 5.77. The second kappa shape index (κ2) is 5.71. The molecule has 0 radical (unpaired) electrons. The van der Waals surface area contributed by atoms with Crippen molar-refractivity contribution in [2.24, 2.45) is 5.92 Å². The monoisotopic (exact) mass is 285 g/mol. The van der Waals surface area contributed by atoms with Crippen molar-refractivity contribution in [3.8, 4) is 0 Å². The minimum Gasteiger partial charge on any atom is -0.333 e. The van der Waals surface area contributed by atoms with Crippen molar-refractivity contribution >= 4 is 29.0 Å². The number of rotatable bonds is 5. The third-order valence-corrected chi connectivity index (χ3v) is 3.90. The highest BCUT2D eigenvalue weighted by molar-refractivity contribution is 7.09. The minimum absolute atomic E-state index is 0.0206. The van der Waals surface area contributed by atoms with E-state index in [9.17, 15) is 4.79 Å². The van der Waals surface area contributed by atoms with Gasteiger partial charge >= 0.3 is 6.03 Å². The molecular formula is C12H16ClN3OS. The van der Waals surface area contributed by atoms with Crippen LogP contribution >= 0.6 is 22.9 Å². The number of amides is 2. The van der Waals surface area contributed by atoms with E-state index in [0.29, 0.717) is 11.0 Å². The third-order valence-electron chi connectivity index (χ3n) is 2.72. The van der Waals surface area contributed by atoms with Crippen molar-refractivity contribution in [2.45, 2.75) is 25.8 Å². The normalized spacial score (nSPS) is 16.1. The van der Waals surface area contributed by atoms with Crippen LogP contribution in [-0.2, 0) is 0 Å². The third kappa shape index (κ3) is 3.71. The number of urea groups is 1. The Morgan fingerprint density at radius 2 is 2.44 bits per heavy atom. The SMILES string of the molecule is C=C(Cl)CNC(=O)N[C@@H](c1nc(C)cs1)C1CC1. The van der Waals surface area contributed by atoms with E-state index >= 15 is 0 Å². The van der Waals surface area contributed by atoms with Crippen LogP contribution in [0.5, 0.6) is 0 Å². The second-order valence-corrected chi connectivity index (χ2v) is 5.91. The molecule has 1 aliphatic rings. The summed E-state index contributed by atoms with van der Waals surface area (Å²) in [4.78, 5) is 16.2. The van der Waals surface area contributed by atoms with Gasteiger partial charge in [-0.1, -0.05) is 18.2 Å². The van der Waals surface area contributed by atoms with Gasteiger partial charge in [-0.15, -0.1) is 11.3 Å². The van der Waals surface area contributed by atoms with Crippen molar-refractivity contribution in [1.82, 2.24) is 15.6 Å². The molecule has 1 saturated carbocycles. The molecule has 1 aliphatic carbocycles. The van der Waals surface area contributed by atoms with Gasteiger partial charge < -0.3 is 10.6 Å². The number of carbonyl (C=O) groups is 1. The van der Waals surface area contributed by atoms with E-state index in [-0.39, 0.29) is 18.6 Å². The highest BCUT2D eigenvalue weighted by Crippen LogP contribution is 2.41. The molecule has 1 fully saturated rings. The molecule has 2 N–H and O–H groups in total. The zero-order chi connectivity index (χ0) is 13.1. The van der Waals surface area contributed by atoms with Gasteiger partial charge in [0.1, 0.15) is 5.01 Å². The maximum Gasteiger partial charge on any atom is 0.315 e. The first-order chi connectivity index (χ1) is 8.56. The maximum absolute atomic E-state index is 11.7. The Balaban J connectivity index is 1.94. The van der Waals surface area contributed by atoms with Gasteiger partial charge in [-0.3, -0.25) is 0 Å². The largest absolute Gasteiger partial charge is 0.333 e. The Labute approximate surface area is 115 Å². The predicted molar refractivity (Wildman–Crippen MR) is 73.8 cm³/mol. The predicted octanol–water partition coefficient (Wildman–Crippen LogP) is 2.95. The van der Waals surface area contributed by atoms with Gasteiger partial charge in [0, 0.05) is 16.1 Å². The Hall–Kier alpha value is -1.07. The van der Waals surface area contributed by atoms with Crippen LogP contribution in [0.2, 0.25) is 0 Å². The fourth-order valence-corrected chi connectivity index (χ4v) is 2.70. The molecule has 1 aromatic rings. The number of hydrogen-bond donors (Lipinski definition) is 2. The molecule has 2 amide bonds. The topological polar surface area (TPSA) is 54.0 Å². The highest BCUT2D eigenvalue weighted by atomic mass is 35.5. The number of aromatic nitrogens is 1. The van der Waals surface area contributed by atoms with Crippen LogP contribution < -0.4 is 10.6 Å². The average molecular weight is 286 g/mol. The zero-order valence-electron chi connectivity index (χ0n) is 10.2. The summed E-state index contributed by atoms with van der Waals surface area (Å²) < 4.78 is 0. The van der Waals surface area contributed by atoms with Crippen LogP contribution in [-0.4, -0.2) is 17.6 Å². The fourth-order valence-electron chi connectivity index (χ4n) is 1.69. The molecule has 0 aliphatic heterocycles. The molecule has 18 heavy (non-hydrogen) atoms. The zero-order valence-corrected chi connectivity index (χ0v) is 11.8. The molecule has 1 heterocycles. The molecule has 0 bridgehead atoms. The lowest BCUT2D eigenvalue weighted by atomic mass is 10.2. The van der Waals surface area contributed by atoms with Crippen molar-refractivity contribution in [2.75, 3.05) is 6.54 Å². The number of aryl methyl sites for hydroxylation is 1. The summed E-state index contributed by atoms with van der Waals surface area (Å²) in [5.41, 5.74) is 0.997. The van der Waals surface area contributed by atoms with E-state index in [1.165, 1.54) is 0 Å². The van der Waals surface area contributed by atoms with E-state index < -0.39 is 0 Å². The number of halogens is 1. The molecular weight excluding hydrogens is 270 g/mol. The summed E-state index contributed by atoms with van der Waals surface area (Å²) >= 11 is 7.20. The molecule has 6 heteroatoms. The summed E-state index contributed by atoms with van der Waals surface area (Å²) in [6.07, 6.45) is 2.29. The average Bonchev–Trinajstić information content (AvgIpc) is 3.06. The first-order valence-corrected chi connectivity index (χ1v) is 7.11. The molecule has 4 nitrogen and oxygen atoms in total. The highest BCUT2D eigenvalue weighted by Gasteiger charge is 2.35. The van der Waals surface area contributed by atoms with E-state index in [1.54, 1.807) is 11.3 Å². The maximum atomic E-state index is 11.7. The molecule has 0 spiro atoms. The van der Waals surface area contributed by atoms with Crippen molar-refractivity contribution in [1.29, 1.82) is 0 Å². The second-order valence-electron chi connectivity index (χ2n) is 4.49. The smallest absolute Gasteiger partial charge is 0.315 e. The molecule has 2 rings (SSSR count). The van der Waals surface area contributed by atoms with Gasteiger partial charge in [-0.2, -0.15) is 0 Å². The lowest BCUT2D eigenvalue weighted by Crippen LogP contribution is -2.39. The van der Waals surface area contributed by atoms with Gasteiger partial charge in [0.05, 0.1) is 12.6 Å². The Morgan fingerprint density at radius 3 is 2.94 bits per heavy atom. The van der Waals surface area contributed by atoms with Gasteiger partial charge in [-0.25, -0.2) is 9.78 Å². The van der Waals surface area contributed by atoms with Crippen LogP contribution in [0.15, 0.2) is 17.0 Å². The van der Waals surface area contributed by atoms with Crippen molar-refractivity contribution < 1.29 is 4.79 Å². The number of thiazole rings is 1. The molecule has 1 aromatic heterocycles. The Morgan fingerprint density at radius 1 is 1.72 bits per heavy atom. The van der Waals surface area contributed by atoms with Crippen LogP contribution in [0.1, 0.15) is 29.6 Å².